The summed E-state index contributed by atoms with van der Waals surface area (Å²) in [5, 5.41) is 2.65. The van der Waals surface area contributed by atoms with Crippen LogP contribution < -0.4 is 10.2 Å². The van der Waals surface area contributed by atoms with Crippen molar-refractivity contribution in [1.82, 2.24) is 14.5 Å². The summed E-state index contributed by atoms with van der Waals surface area (Å²) in [7, 11) is 0. The van der Waals surface area contributed by atoms with Gasteiger partial charge in [0.05, 0.1) is 11.8 Å². The molecule has 3 heterocycles. The first-order valence-electron chi connectivity index (χ1n) is 8.82. The van der Waals surface area contributed by atoms with Crippen LogP contribution in [-0.4, -0.2) is 32.9 Å². The van der Waals surface area contributed by atoms with Crippen molar-refractivity contribution in [3.63, 3.8) is 0 Å². The highest BCUT2D eigenvalue weighted by Crippen LogP contribution is 2.30. The Balaban J connectivity index is 1.69. The van der Waals surface area contributed by atoms with Crippen LogP contribution in [0.25, 0.3) is 0 Å². The highest BCUT2D eigenvalue weighted by Gasteiger charge is 2.34. The second-order valence-electron chi connectivity index (χ2n) is 6.73. The van der Waals surface area contributed by atoms with Crippen molar-refractivity contribution < 1.29 is 14.0 Å². The van der Waals surface area contributed by atoms with E-state index in [0.29, 0.717) is 29.3 Å². The summed E-state index contributed by atoms with van der Waals surface area (Å²) in [6.45, 7) is 4.04. The number of anilines is 2. The Morgan fingerprint density at radius 2 is 2.11 bits per heavy atom. The number of fused-ring (bicyclic) bond motifs is 1. The molecular weight excluding hydrogens is 361 g/mol. The Bertz CT molecular complexity index is 1060. The first kappa shape index (κ1) is 17.8. The molecule has 1 aromatic carbocycles. The van der Waals surface area contributed by atoms with Gasteiger partial charge < -0.3 is 14.8 Å². The molecule has 28 heavy (non-hydrogen) atoms. The Kier molecular flexibility index (Phi) is 4.38. The predicted octanol–water partition coefficient (Wildman–Crippen LogP) is 3.20. The van der Waals surface area contributed by atoms with Crippen LogP contribution in [0.2, 0.25) is 0 Å². The third-order valence-corrected chi connectivity index (χ3v) is 4.79. The summed E-state index contributed by atoms with van der Waals surface area (Å²) in [5.41, 5.74) is 1.61. The Morgan fingerprint density at radius 1 is 1.29 bits per heavy atom. The van der Waals surface area contributed by atoms with Crippen LogP contribution in [0.3, 0.4) is 0 Å². The standard InChI is InChI=1S/C20H18FN5O2/c1-12-9-14(3-4-16(12)21)26-11-13(2)25-8-5-15(18(25)20(26)28)19(27)24-17-10-22-6-7-23-17/h3-10,13H,11H2,1-2H3,(H,23,24,27)/t13-/m0/s1. The predicted molar refractivity (Wildman–Crippen MR) is 102 cm³/mol. The van der Waals surface area contributed by atoms with E-state index in [1.54, 1.807) is 40.8 Å². The van der Waals surface area contributed by atoms with Gasteiger partial charge in [0, 0.05) is 36.9 Å². The number of carbonyl (C=O) groups is 2. The number of carbonyl (C=O) groups excluding carboxylic acids is 2. The quantitative estimate of drug-likeness (QED) is 0.758. The molecule has 3 aromatic rings. The van der Waals surface area contributed by atoms with Gasteiger partial charge in [-0.15, -0.1) is 0 Å². The number of hydrogen-bond acceptors (Lipinski definition) is 4. The minimum Gasteiger partial charge on any atom is -0.338 e. The van der Waals surface area contributed by atoms with Crippen LogP contribution in [-0.2, 0) is 0 Å². The van der Waals surface area contributed by atoms with Gasteiger partial charge in [0.2, 0.25) is 0 Å². The third kappa shape index (κ3) is 3.02. The molecule has 0 spiro atoms. The number of nitrogens with zero attached hydrogens (tertiary/aromatic N) is 4. The minimum absolute atomic E-state index is 0.0453. The molecular formula is C20H18FN5O2. The lowest BCUT2D eigenvalue weighted by Gasteiger charge is -2.33. The normalized spacial score (nSPS) is 16.0. The zero-order chi connectivity index (χ0) is 19.8. The topological polar surface area (TPSA) is 80.1 Å². The smallest absolute Gasteiger partial charge is 0.275 e. The van der Waals surface area contributed by atoms with Crippen LogP contribution in [0.1, 0.15) is 39.4 Å². The zero-order valence-electron chi connectivity index (χ0n) is 15.4. The van der Waals surface area contributed by atoms with Crippen molar-refractivity contribution in [2.45, 2.75) is 19.9 Å². The van der Waals surface area contributed by atoms with Gasteiger partial charge in [0.25, 0.3) is 11.8 Å². The molecule has 4 rings (SSSR count). The van der Waals surface area contributed by atoms with Crippen LogP contribution in [0, 0.1) is 12.7 Å². The Labute approximate surface area is 160 Å². The number of amides is 2. The van der Waals surface area contributed by atoms with Gasteiger partial charge in [-0.05, 0) is 43.7 Å². The van der Waals surface area contributed by atoms with E-state index in [2.05, 4.69) is 15.3 Å². The number of hydrogen-bond donors (Lipinski definition) is 1. The molecule has 1 aliphatic rings. The summed E-state index contributed by atoms with van der Waals surface area (Å²) in [5.74, 6) is -0.770. The summed E-state index contributed by atoms with van der Waals surface area (Å²) >= 11 is 0. The molecule has 142 valence electrons. The molecule has 2 amide bonds. The van der Waals surface area contributed by atoms with Gasteiger partial charge in [-0.3, -0.25) is 14.6 Å². The van der Waals surface area contributed by atoms with Gasteiger partial charge >= 0.3 is 0 Å². The molecule has 0 bridgehead atoms. The molecule has 1 N–H and O–H groups in total. The first-order valence-corrected chi connectivity index (χ1v) is 8.82. The minimum atomic E-state index is -0.438. The second-order valence-corrected chi connectivity index (χ2v) is 6.73. The zero-order valence-corrected chi connectivity index (χ0v) is 15.4. The molecule has 2 aromatic heterocycles. The molecule has 1 aliphatic heterocycles. The van der Waals surface area contributed by atoms with Crippen molar-refractivity contribution in [3.8, 4) is 0 Å². The fourth-order valence-electron chi connectivity index (χ4n) is 3.35. The number of rotatable bonds is 3. The van der Waals surface area contributed by atoms with Gasteiger partial charge in [0.15, 0.2) is 5.82 Å². The van der Waals surface area contributed by atoms with Gasteiger partial charge in [-0.1, -0.05) is 0 Å². The number of halogens is 1. The number of aryl methyl sites for hydroxylation is 1. The van der Waals surface area contributed by atoms with E-state index in [-0.39, 0.29) is 23.3 Å². The van der Waals surface area contributed by atoms with E-state index in [9.17, 15) is 14.0 Å². The average Bonchev–Trinajstić information content (AvgIpc) is 3.14. The molecule has 0 saturated carbocycles. The monoisotopic (exact) mass is 379 g/mol. The average molecular weight is 379 g/mol. The third-order valence-electron chi connectivity index (χ3n) is 4.79. The molecule has 0 unspecified atom stereocenters. The molecule has 7 nitrogen and oxygen atoms in total. The lowest BCUT2D eigenvalue weighted by atomic mass is 10.1. The maximum Gasteiger partial charge on any atom is 0.275 e. The number of aromatic nitrogens is 3. The van der Waals surface area contributed by atoms with E-state index in [1.807, 2.05) is 6.92 Å². The first-order chi connectivity index (χ1) is 13.5. The molecule has 8 heteroatoms. The largest absolute Gasteiger partial charge is 0.338 e. The van der Waals surface area contributed by atoms with Gasteiger partial charge in [0.1, 0.15) is 11.5 Å². The molecule has 0 fully saturated rings. The summed E-state index contributed by atoms with van der Waals surface area (Å²) in [6, 6.07) is 6.13. The highest BCUT2D eigenvalue weighted by molar-refractivity contribution is 6.15. The summed E-state index contributed by atoms with van der Waals surface area (Å²) in [4.78, 5) is 35.4. The van der Waals surface area contributed by atoms with E-state index in [1.165, 1.54) is 24.7 Å². The van der Waals surface area contributed by atoms with Gasteiger partial charge in [-0.25, -0.2) is 9.37 Å². The molecule has 0 saturated heterocycles. The SMILES string of the molecule is Cc1cc(N2C[C@H](C)n3ccc(C(=O)Nc4cnccn4)c3C2=O)ccc1F. The number of benzene rings is 1. The second kappa shape index (κ2) is 6.88. The van der Waals surface area contributed by atoms with E-state index >= 15 is 0 Å². The lowest BCUT2D eigenvalue weighted by Crippen LogP contribution is -2.43. The van der Waals surface area contributed by atoms with Crippen molar-refractivity contribution in [3.05, 3.63) is 71.7 Å². The van der Waals surface area contributed by atoms with Crippen LogP contribution >= 0.6 is 0 Å². The Hall–Kier alpha value is -3.55. The highest BCUT2D eigenvalue weighted by atomic mass is 19.1. The van der Waals surface area contributed by atoms with Gasteiger partial charge in [-0.2, -0.15) is 0 Å². The van der Waals surface area contributed by atoms with E-state index in [0.717, 1.165) is 0 Å². The Morgan fingerprint density at radius 3 is 2.82 bits per heavy atom. The van der Waals surface area contributed by atoms with Crippen molar-refractivity contribution in [1.29, 1.82) is 0 Å². The van der Waals surface area contributed by atoms with Crippen LogP contribution in [0.5, 0.6) is 0 Å². The van der Waals surface area contributed by atoms with E-state index in [4.69, 9.17) is 0 Å². The molecule has 1 atom stereocenters. The van der Waals surface area contributed by atoms with Crippen LogP contribution in [0.4, 0.5) is 15.9 Å². The molecule has 0 aliphatic carbocycles. The maximum absolute atomic E-state index is 13.6. The maximum atomic E-state index is 13.6. The van der Waals surface area contributed by atoms with Crippen molar-refractivity contribution in [2.24, 2.45) is 0 Å². The van der Waals surface area contributed by atoms with Crippen molar-refractivity contribution in [2.75, 3.05) is 16.8 Å². The van der Waals surface area contributed by atoms with E-state index < -0.39 is 5.91 Å². The fourth-order valence-corrected chi connectivity index (χ4v) is 3.35. The fraction of sp³-hybridized carbons (Fsp3) is 0.200. The number of nitrogens with one attached hydrogen (secondary N) is 1. The lowest BCUT2D eigenvalue weighted by molar-refractivity contribution is 0.0942. The summed E-state index contributed by atoms with van der Waals surface area (Å²) < 4.78 is 15.4. The van der Waals surface area contributed by atoms with Crippen molar-refractivity contribution >= 4 is 23.3 Å². The van der Waals surface area contributed by atoms with Crippen LogP contribution in [0.15, 0.2) is 49.1 Å². The molecule has 0 radical (unpaired) electrons. The summed E-state index contributed by atoms with van der Waals surface area (Å²) in [6.07, 6.45) is 6.13.